The van der Waals surface area contributed by atoms with Crippen LogP contribution in [0.1, 0.15) is 90.9 Å². The van der Waals surface area contributed by atoms with Crippen LogP contribution in [0.15, 0.2) is 36.4 Å². The first-order chi connectivity index (χ1) is 15.0. The van der Waals surface area contributed by atoms with Crippen LogP contribution in [0.4, 0.5) is 5.69 Å². The first kappa shape index (κ1) is 23.5. The van der Waals surface area contributed by atoms with Gasteiger partial charge in [-0.3, -0.25) is 4.79 Å². The summed E-state index contributed by atoms with van der Waals surface area (Å²) in [7, 11) is 0. The third-order valence-electron chi connectivity index (χ3n) is 6.05. The number of anilines is 1. The molecule has 0 aliphatic carbocycles. The van der Waals surface area contributed by atoms with Gasteiger partial charge in [0.1, 0.15) is 4.88 Å². The largest absolute Gasteiger partial charge is 0.477 e. The molecule has 0 saturated carbocycles. The highest BCUT2D eigenvalue weighted by Crippen LogP contribution is 2.31. The van der Waals surface area contributed by atoms with Gasteiger partial charge < -0.3 is 15.1 Å². The van der Waals surface area contributed by atoms with Crippen LogP contribution in [-0.2, 0) is 11.2 Å². The number of hydrogen-bond donors (Lipinski definition) is 2. The molecule has 168 valence electrons. The summed E-state index contributed by atoms with van der Waals surface area (Å²) in [6, 6.07) is 11.5. The highest BCUT2D eigenvalue weighted by molar-refractivity contribution is 7.13. The maximum Gasteiger partial charge on any atom is 0.345 e. The smallest absolute Gasteiger partial charge is 0.345 e. The molecular formula is C25H33NO4S. The molecule has 2 heterocycles. The summed E-state index contributed by atoms with van der Waals surface area (Å²) in [5.74, 6) is -0.722. The van der Waals surface area contributed by atoms with Crippen LogP contribution in [0.2, 0.25) is 0 Å². The number of amides is 1. The highest BCUT2D eigenvalue weighted by atomic mass is 32.1. The Bertz CT molecular complexity index is 861. The molecule has 2 atom stereocenters. The van der Waals surface area contributed by atoms with Gasteiger partial charge in [-0.1, -0.05) is 44.7 Å². The van der Waals surface area contributed by atoms with E-state index in [-0.39, 0.29) is 11.9 Å². The molecule has 6 heteroatoms. The van der Waals surface area contributed by atoms with Gasteiger partial charge in [0.15, 0.2) is 0 Å². The standard InChI is InChI=1S/C25H33NO4S/c1-2-3-4-5-9-22(27)18-10-12-20(13-11-18)26-19(14-17-24(26)28)7-6-8-21-15-16-23(31-21)25(29)30/h10-13,15-16,19,22,27H,2-9,14,17H2,1H3,(H,29,30)/t19?,22-/m1/s1. The summed E-state index contributed by atoms with van der Waals surface area (Å²) in [6.45, 7) is 2.18. The summed E-state index contributed by atoms with van der Waals surface area (Å²) < 4.78 is 0. The molecule has 1 aliphatic heterocycles. The van der Waals surface area contributed by atoms with Crippen molar-refractivity contribution in [2.24, 2.45) is 0 Å². The molecular weight excluding hydrogens is 410 g/mol. The van der Waals surface area contributed by atoms with Crippen molar-refractivity contribution >= 4 is 28.9 Å². The third kappa shape index (κ3) is 6.40. The van der Waals surface area contributed by atoms with Crippen LogP contribution < -0.4 is 4.90 Å². The molecule has 1 aromatic carbocycles. The van der Waals surface area contributed by atoms with Crippen molar-refractivity contribution in [3.63, 3.8) is 0 Å². The van der Waals surface area contributed by atoms with Gasteiger partial charge in [0.05, 0.1) is 6.10 Å². The molecule has 31 heavy (non-hydrogen) atoms. The van der Waals surface area contributed by atoms with Crippen LogP contribution >= 0.6 is 11.3 Å². The van der Waals surface area contributed by atoms with Crippen molar-refractivity contribution in [1.29, 1.82) is 0 Å². The first-order valence-corrected chi connectivity index (χ1v) is 12.2. The van der Waals surface area contributed by atoms with Gasteiger partial charge in [-0.25, -0.2) is 4.79 Å². The molecule has 0 spiro atoms. The summed E-state index contributed by atoms with van der Waals surface area (Å²) >= 11 is 1.33. The number of carboxylic acid groups (broad SMARTS) is 1. The van der Waals surface area contributed by atoms with Gasteiger partial charge in [0, 0.05) is 23.0 Å². The second-order valence-corrected chi connectivity index (χ2v) is 9.54. The van der Waals surface area contributed by atoms with E-state index in [0.717, 1.165) is 61.1 Å². The quantitative estimate of drug-likeness (QED) is 0.396. The average molecular weight is 444 g/mol. The van der Waals surface area contributed by atoms with Crippen LogP contribution in [0.3, 0.4) is 0 Å². The van der Waals surface area contributed by atoms with Gasteiger partial charge >= 0.3 is 5.97 Å². The van der Waals surface area contributed by atoms with Crippen LogP contribution in [0.5, 0.6) is 0 Å². The van der Waals surface area contributed by atoms with E-state index in [1.807, 2.05) is 35.2 Å². The monoisotopic (exact) mass is 443 g/mol. The minimum Gasteiger partial charge on any atom is -0.477 e. The fourth-order valence-electron chi connectivity index (χ4n) is 4.30. The summed E-state index contributed by atoms with van der Waals surface area (Å²) in [5, 5.41) is 19.5. The zero-order valence-corrected chi connectivity index (χ0v) is 19.1. The lowest BCUT2D eigenvalue weighted by molar-refractivity contribution is -0.117. The summed E-state index contributed by atoms with van der Waals surface area (Å²) in [6.07, 6.45) is 8.97. The Morgan fingerprint density at radius 1 is 1.13 bits per heavy atom. The number of rotatable bonds is 12. The molecule has 2 aromatic rings. The Morgan fingerprint density at radius 3 is 2.58 bits per heavy atom. The Labute approximate surface area is 188 Å². The van der Waals surface area contributed by atoms with Gasteiger partial charge in [0.2, 0.25) is 5.91 Å². The second-order valence-electron chi connectivity index (χ2n) is 8.38. The summed E-state index contributed by atoms with van der Waals surface area (Å²) in [5.41, 5.74) is 1.81. The second kappa shape index (κ2) is 11.4. The molecule has 1 aliphatic rings. The Balaban J connectivity index is 1.54. The predicted octanol–water partition coefficient (Wildman–Crippen LogP) is 5.97. The number of nitrogens with zero attached hydrogens (tertiary/aromatic N) is 1. The minimum atomic E-state index is -0.877. The Hall–Kier alpha value is -2.18. The van der Waals surface area contributed by atoms with E-state index in [1.54, 1.807) is 6.07 Å². The molecule has 5 nitrogen and oxygen atoms in total. The molecule has 2 N–H and O–H groups in total. The maximum absolute atomic E-state index is 12.5. The summed E-state index contributed by atoms with van der Waals surface area (Å²) in [4.78, 5) is 26.9. The topological polar surface area (TPSA) is 77.8 Å². The van der Waals surface area contributed by atoms with E-state index in [4.69, 9.17) is 5.11 Å². The van der Waals surface area contributed by atoms with Crippen LogP contribution in [0.25, 0.3) is 0 Å². The molecule has 1 unspecified atom stereocenters. The fourth-order valence-corrected chi connectivity index (χ4v) is 5.19. The number of aliphatic hydroxyl groups excluding tert-OH is 1. The van der Waals surface area contributed by atoms with Crippen molar-refractivity contribution in [3.05, 3.63) is 51.7 Å². The number of carbonyl (C=O) groups excluding carboxylic acids is 1. The van der Waals surface area contributed by atoms with E-state index >= 15 is 0 Å². The molecule has 1 fully saturated rings. The lowest BCUT2D eigenvalue weighted by Crippen LogP contribution is -2.32. The number of aryl methyl sites for hydroxylation is 1. The zero-order valence-electron chi connectivity index (χ0n) is 18.3. The van der Waals surface area contributed by atoms with Crippen molar-refractivity contribution in [2.45, 2.75) is 83.3 Å². The zero-order chi connectivity index (χ0) is 22.2. The lowest BCUT2D eigenvalue weighted by atomic mass is 10.0. The first-order valence-electron chi connectivity index (χ1n) is 11.4. The lowest BCUT2D eigenvalue weighted by Gasteiger charge is -2.25. The van der Waals surface area contributed by atoms with E-state index in [2.05, 4.69) is 6.92 Å². The van der Waals surface area contributed by atoms with Gasteiger partial charge in [-0.15, -0.1) is 11.3 Å². The molecule has 1 aromatic heterocycles. The number of hydrogen-bond acceptors (Lipinski definition) is 4. The minimum absolute atomic E-state index is 0.155. The van der Waals surface area contributed by atoms with E-state index < -0.39 is 12.1 Å². The third-order valence-corrected chi connectivity index (χ3v) is 7.18. The Kier molecular flexibility index (Phi) is 8.67. The van der Waals surface area contributed by atoms with Crippen molar-refractivity contribution in [1.82, 2.24) is 0 Å². The molecule has 0 radical (unpaired) electrons. The number of thiophene rings is 1. The predicted molar refractivity (Wildman–Crippen MR) is 125 cm³/mol. The highest BCUT2D eigenvalue weighted by Gasteiger charge is 2.31. The van der Waals surface area contributed by atoms with Crippen LogP contribution in [0, 0.1) is 0 Å². The number of carboxylic acids is 1. The molecule has 0 bridgehead atoms. The molecule has 3 rings (SSSR count). The van der Waals surface area contributed by atoms with Crippen molar-refractivity contribution < 1.29 is 19.8 Å². The average Bonchev–Trinajstić information content (AvgIpc) is 3.38. The normalized spacial score (nSPS) is 17.3. The molecule has 1 saturated heterocycles. The van der Waals surface area contributed by atoms with Gasteiger partial charge in [-0.2, -0.15) is 0 Å². The number of benzene rings is 1. The fraction of sp³-hybridized carbons (Fsp3) is 0.520. The van der Waals surface area contributed by atoms with Gasteiger partial charge in [-0.05, 0) is 61.9 Å². The SMILES string of the molecule is CCCCCC[C@@H](O)c1ccc(N2C(=O)CCC2CCCc2ccc(C(=O)O)s2)cc1. The maximum atomic E-state index is 12.5. The van der Waals surface area contributed by atoms with Gasteiger partial charge in [0.25, 0.3) is 0 Å². The Morgan fingerprint density at radius 2 is 1.90 bits per heavy atom. The van der Waals surface area contributed by atoms with Crippen molar-refractivity contribution in [3.8, 4) is 0 Å². The number of aromatic carboxylic acids is 1. The number of unbranched alkanes of at least 4 members (excludes halogenated alkanes) is 3. The van der Waals surface area contributed by atoms with E-state index in [0.29, 0.717) is 11.3 Å². The molecule has 1 amide bonds. The number of carbonyl (C=O) groups is 2. The number of aliphatic hydroxyl groups is 1. The van der Waals surface area contributed by atoms with Crippen LogP contribution in [-0.4, -0.2) is 28.1 Å². The van der Waals surface area contributed by atoms with E-state index in [9.17, 15) is 14.7 Å². The van der Waals surface area contributed by atoms with Crippen molar-refractivity contribution in [2.75, 3.05) is 4.90 Å². The van der Waals surface area contributed by atoms with E-state index in [1.165, 1.54) is 24.2 Å².